The Hall–Kier alpha value is -3.92. The molecule has 156 valence electrons. The van der Waals surface area contributed by atoms with Gasteiger partial charge in [0.25, 0.3) is 0 Å². The summed E-state index contributed by atoms with van der Waals surface area (Å²) in [6.45, 7) is 0. The second-order valence-electron chi connectivity index (χ2n) is 8.40. The quantitative estimate of drug-likeness (QED) is 0.315. The molecule has 5 aromatic rings. The maximum atomic E-state index is 14.6. The van der Waals surface area contributed by atoms with E-state index < -0.39 is 28.5 Å². The number of benzene rings is 5. The van der Waals surface area contributed by atoms with E-state index >= 15 is 0 Å². The minimum absolute atomic E-state index is 0.433. The lowest BCUT2D eigenvalue weighted by atomic mass is 9.62. The van der Waals surface area contributed by atoms with Gasteiger partial charge in [0, 0.05) is 5.41 Å². The van der Waals surface area contributed by atoms with Crippen LogP contribution in [0.1, 0.15) is 22.3 Å². The van der Waals surface area contributed by atoms with Crippen LogP contribution in [0.4, 0.5) is 8.78 Å². The van der Waals surface area contributed by atoms with Crippen LogP contribution in [0.2, 0.25) is 0 Å². The van der Waals surface area contributed by atoms with Gasteiger partial charge in [0.1, 0.15) is 0 Å². The third-order valence-electron chi connectivity index (χ3n) is 6.77. The van der Waals surface area contributed by atoms with Crippen molar-refractivity contribution in [3.8, 4) is 11.5 Å². The zero-order chi connectivity index (χ0) is 22.0. The smallest absolute Gasteiger partial charge is 0.165 e. The van der Waals surface area contributed by atoms with Gasteiger partial charge in [-0.1, -0.05) is 60.7 Å². The lowest BCUT2D eigenvalue weighted by Crippen LogP contribution is -2.34. The predicted molar refractivity (Wildman–Crippen MR) is 121 cm³/mol. The van der Waals surface area contributed by atoms with Crippen LogP contribution in [0.25, 0.3) is 21.5 Å². The first-order valence-corrected chi connectivity index (χ1v) is 10.4. The van der Waals surface area contributed by atoms with Crippen molar-refractivity contribution >= 4 is 21.5 Å². The number of phenolic OH excluding ortho intramolecular Hbond substituents is 2. The van der Waals surface area contributed by atoms with E-state index in [0.29, 0.717) is 17.5 Å². The zero-order valence-electron chi connectivity index (χ0n) is 16.9. The van der Waals surface area contributed by atoms with Gasteiger partial charge >= 0.3 is 0 Å². The molecule has 0 fully saturated rings. The molecule has 0 bridgehead atoms. The monoisotopic (exact) mass is 424 g/mol. The van der Waals surface area contributed by atoms with E-state index in [1.54, 1.807) is 12.1 Å². The number of aromatic hydroxyl groups is 2. The molecule has 0 unspecified atom stereocenters. The van der Waals surface area contributed by atoms with E-state index in [1.807, 2.05) is 24.3 Å². The third kappa shape index (κ3) is 2.43. The maximum absolute atomic E-state index is 14.6. The summed E-state index contributed by atoms with van der Waals surface area (Å²) in [5, 5.41) is 24.0. The molecule has 5 aromatic carbocycles. The van der Waals surface area contributed by atoms with E-state index in [0.717, 1.165) is 32.7 Å². The summed E-state index contributed by atoms with van der Waals surface area (Å²) < 4.78 is 29.2. The van der Waals surface area contributed by atoms with E-state index in [9.17, 15) is 19.0 Å². The summed E-state index contributed by atoms with van der Waals surface area (Å²) in [5.74, 6) is -2.33. The van der Waals surface area contributed by atoms with Crippen LogP contribution in [-0.4, -0.2) is 10.2 Å². The molecule has 0 saturated heterocycles. The van der Waals surface area contributed by atoms with Gasteiger partial charge in [-0.05, 0) is 74.5 Å². The zero-order valence-corrected chi connectivity index (χ0v) is 16.9. The van der Waals surface area contributed by atoms with Crippen LogP contribution in [0.3, 0.4) is 0 Å². The highest BCUT2D eigenvalue weighted by molar-refractivity contribution is 6.12. The molecule has 0 aliphatic heterocycles. The molecular formula is C28H18F2O2. The van der Waals surface area contributed by atoms with Gasteiger partial charge in [-0.3, -0.25) is 0 Å². The van der Waals surface area contributed by atoms with Crippen molar-refractivity contribution in [1.29, 1.82) is 0 Å². The second kappa shape index (κ2) is 6.54. The van der Waals surface area contributed by atoms with E-state index in [-0.39, 0.29) is 0 Å². The van der Waals surface area contributed by atoms with Gasteiger partial charge in [-0.2, -0.15) is 0 Å². The van der Waals surface area contributed by atoms with Gasteiger partial charge < -0.3 is 10.2 Å². The first kappa shape index (κ1) is 18.8. The number of rotatable bonds is 2. The molecule has 32 heavy (non-hydrogen) atoms. The van der Waals surface area contributed by atoms with E-state index in [2.05, 4.69) is 24.3 Å². The molecule has 0 amide bonds. The minimum atomic E-state index is -0.911. The molecule has 0 heterocycles. The van der Waals surface area contributed by atoms with Crippen molar-refractivity contribution in [1.82, 2.24) is 0 Å². The molecule has 1 aliphatic rings. The Labute approximate surface area is 183 Å². The van der Waals surface area contributed by atoms with E-state index in [4.69, 9.17) is 0 Å². The molecule has 0 spiro atoms. The molecule has 1 aliphatic carbocycles. The first-order valence-electron chi connectivity index (χ1n) is 10.4. The van der Waals surface area contributed by atoms with Crippen molar-refractivity contribution in [2.75, 3.05) is 0 Å². The number of hydrogen-bond acceptors (Lipinski definition) is 2. The van der Waals surface area contributed by atoms with Crippen LogP contribution in [0, 0.1) is 11.6 Å². The first-order chi connectivity index (χ1) is 15.5. The summed E-state index contributed by atoms with van der Waals surface area (Å²) in [6.07, 6.45) is 0.481. The fourth-order valence-corrected chi connectivity index (χ4v) is 5.34. The average molecular weight is 424 g/mol. The molecule has 0 atom stereocenters. The molecular weight excluding hydrogens is 406 g/mol. The molecule has 2 N–H and O–H groups in total. The summed E-state index contributed by atoms with van der Waals surface area (Å²) in [7, 11) is 0. The predicted octanol–water partition coefficient (Wildman–Crippen LogP) is 6.57. The summed E-state index contributed by atoms with van der Waals surface area (Å²) in [6, 6.07) is 25.0. The van der Waals surface area contributed by atoms with Crippen LogP contribution in [-0.2, 0) is 11.8 Å². The fraction of sp³-hybridized carbons (Fsp3) is 0.0714. The maximum Gasteiger partial charge on any atom is 0.165 e. The molecule has 4 heteroatoms. The minimum Gasteiger partial charge on any atom is -0.505 e. The lowest BCUT2D eigenvalue weighted by molar-refractivity contribution is 0.428. The van der Waals surface area contributed by atoms with Gasteiger partial charge in [-0.25, -0.2) is 8.78 Å². The highest BCUT2D eigenvalue weighted by Crippen LogP contribution is 2.51. The topological polar surface area (TPSA) is 40.5 Å². The largest absolute Gasteiger partial charge is 0.505 e. The SMILES string of the molecule is Oc1ccc(C2(c3ccc(O)c(F)c3)Cc3cccc4ccc5cccc2c5c34)cc1F. The van der Waals surface area contributed by atoms with Crippen molar-refractivity contribution in [2.24, 2.45) is 0 Å². The number of phenols is 2. The Balaban J connectivity index is 1.81. The summed E-state index contributed by atoms with van der Waals surface area (Å²) in [4.78, 5) is 0. The Morgan fingerprint density at radius 3 is 1.78 bits per heavy atom. The van der Waals surface area contributed by atoms with Gasteiger partial charge in [-0.15, -0.1) is 0 Å². The van der Waals surface area contributed by atoms with Crippen LogP contribution in [0.5, 0.6) is 11.5 Å². The van der Waals surface area contributed by atoms with Crippen LogP contribution >= 0.6 is 0 Å². The lowest BCUT2D eigenvalue weighted by Gasteiger charge is -2.40. The standard InChI is InChI=1S/C28H18F2O2/c29-22-13-19(9-11-24(22)31)28(20-10-12-25(32)23(30)14-20)15-18-5-1-3-16-7-8-17-4-2-6-21(28)27(17)26(16)18/h1-14,31-32H,15H2. The Morgan fingerprint density at radius 1 is 0.625 bits per heavy atom. The molecule has 0 aromatic heterocycles. The fourth-order valence-electron chi connectivity index (χ4n) is 5.34. The molecule has 0 radical (unpaired) electrons. The molecule has 6 rings (SSSR count). The number of halogens is 2. The van der Waals surface area contributed by atoms with Gasteiger partial charge in [0.15, 0.2) is 23.1 Å². The van der Waals surface area contributed by atoms with Gasteiger partial charge in [0.2, 0.25) is 0 Å². The highest BCUT2D eigenvalue weighted by atomic mass is 19.1. The molecule has 2 nitrogen and oxygen atoms in total. The van der Waals surface area contributed by atoms with Gasteiger partial charge in [0.05, 0.1) is 0 Å². The Morgan fingerprint density at radius 2 is 1.19 bits per heavy atom. The Kier molecular flexibility index (Phi) is 3.84. The summed E-state index contributed by atoms with van der Waals surface area (Å²) >= 11 is 0. The summed E-state index contributed by atoms with van der Waals surface area (Å²) in [5.41, 5.74) is 2.32. The molecule has 0 saturated carbocycles. The van der Waals surface area contributed by atoms with Crippen LogP contribution in [0.15, 0.2) is 84.9 Å². The third-order valence-corrected chi connectivity index (χ3v) is 6.77. The second-order valence-corrected chi connectivity index (χ2v) is 8.40. The van der Waals surface area contributed by atoms with Crippen molar-refractivity contribution in [2.45, 2.75) is 11.8 Å². The Bertz CT molecular complexity index is 1500. The highest BCUT2D eigenvalue weighted by Gasteiger charge is 2.42. The number of hydrogen-bond donors (Lipinski definition) is 2. The van der Waals surface area contributed by atoms with Crippen molar-refractivity contribution in [3.05, 3.63) is 119 Å². The van der Waals surface area contributed by atoms with Crippen molar-refractivity contribution in [3.63, 3.8) is 0 Å². The van der Waals surface area contributed by atoms with Crippen molar-refractivity contribution < 1.29 is 19.0 Å². The van der Waals surface area contributed by atoms with Crippen LogP contribution < -0.4 is 0 Å². The normalized spacial score (nSPS) is 14.3. The average Bonchev–Trinajstić information content (AvgIpc) is 2.81. The van der Waals surface area contributed by atoms with E-state index in [1.165, 1.54) is 24.3 Å².